The number of aryl methyl sites for hydroxylation is 1. The van der Waals surface area contributed by atoms with Crippen molar-refractivity contribution in [2.45, 2.75) is 26.9 Å². The summed E-state index contributed by atoms with van der Waals surface area (Å²) in [6.45, 7) is 3.95. The van der Waals surface area contributed by atoms with Crippen molar-refractivity contribution in [3.63, 3.8) is 0 Å². The maximum absolute atomic E-state index is 12.7. The maximum Gasteiger partial charge on any atom is 0.308 e. The first-order valence-corrected chi connectivity index (χ1v) is 10.1. The van der Waals surface area contributed by atoms with Gasteiger partial charge in [-0.05, 0) is 53.9 Å². The Balaban J connectivity index is 1.66. The molecule has 4 N–H and O–H groups in total. The Kier molecular flexibility index (Phi) is 7.36. The van der Waals surface area contributed by atoms with Gasteiger partial charge < -0.3 is 21.1 Å². The van der Waals surface area contributed by atoms with Gasteiger partial charge in [0, 0.05) is 31.3 Å². The van der Waals surface area contributed by atoms with E-state index in [1.807, 2.05) is 24.3 Å². The molecule has 0 radical (unpaired) electrons. The first kappa shape index (κ1) is 22.7. The molecule has 0 spiro atoms. The van der Waals surface area contributed by atoms with Gasteiger partial charge in [-0.2, -0.15) is 0 Å². The molecule has 0 saturated heterocycles. The van der Waals surface area contributed by atoms with Gasteiger partial charge in [0.25, 0.3) is 11.8 Å². The molecule has 2 amide bonds. The number of carbonyl (C=O) groups is 3. The average molecular weight is 431 g/mol. The van der Waals surface area contributed by atoms with Crippen molar-refractivity contribution in [3.8, 4) is 5.75 Å². The number of anilines is 1. The molecule has 0 aliphatic heterocycles. The lowest BCUT2D eigenvalue weighted by atomic mass is 10.1. The van der Waals surface area contributed by atoms with Crippen LogP contribution in [0.1, 0.15) is 44.3 Å². The third kappa shape index (κ3) is 5.80. The molecule has 3 aromatic rings. The number of esters is 1. The van der Waals surface area contributed by atoms with Crippen molar-refractivity contribution < 1.29 is 19.1 Å². The van der Waals surface area contributed by atoms with Crippen LogP contribution in [0.5, 0.6) is 5.75 Å². The van der Waals surface area contributed by atoms with Crippen molar-refractivity contribution in [1.29, 1.82) is 0 Å². The standard InChI is InChI=1S/C25H25N3O4/c1-16-13-20(24(30)27-15-19-9-7-18(14-26)8-10-19)11-12-22(16)28-25(31)21-5-3-4-6-23(21)32-17(2)29/h3-13H,14-15,26H2,1-2H3,(H,27,30)(H,28,31). The summed E-state index contributed by atoms with van der Waals surface area (Å²) < 4.78 is 5.10. The summed E-state index contributed by atoms with van der Waals surface area (Å²) in [6, 6.07) is 19.3. The second-order valence-corrected chi connectivity index (χ2v) is 7.28. The van der Waals surface area contributed by atoms with Crippen LogP contribution in [0.4, 0.5) is 5.69 Å². The van der Waals surface area contributed by atoms with Crippen LogP contribution in [-0.2, 0) is 17.9 Å². The largest absolute Gasteiger partial charge is 0.426 e. The summed E-state index contributed by atoms with van der Waals surface area (Å²) in [7, 11) is 0. The van der Waals surface area contributed by atoms with Crippen LogP contribution in [0.15, 0.2) is 66.7 Å². The van der Waals surface area contributed by atoms with E-state index in [4.69, 9.17) is 10.5 Å². The minimum absolute atomic E-state index is 0.186. The quantitative estimate of drug-likeness (QED) is 0.391. The Hall–Kier alpha value is -3.97. The topological polar surface area (TPSA) is 111 Å². The second kappa shape index (κ2) is 10.4. The minimum Gasteiger partial charge on any atom is -0.426 e. The van der Waals surface area contributed by atoms with Gasteiger partial charge >= 0.3 is 5.97 Å². The fourth-order valence-corrected chi connectivity index (χ4v) is 3.11. The highest BCUT2D eigenvalue weighted by molar-refractivity contribution is 6.07. The van der Waals surface area contributed by atoms with Crippen LogP contribution in [0.2, 0.25) is 0 Å². The number of hydrogen-bond acceptors (Lipinski definition) is 5. The number of nitrogens with one attached hydrogen (secondary N) is 2. The Morgan fingerprint density at radius 1 is 0.906 bits per heavy atom. The normalized spacial score (nSPS) is 10.3. The van der Waals surface area contributed by atoms with Crippen LogP contribution >= 0.6 is 0 Å². The Bertz CT molecular complexity index is 1140. The lowest BCUT2D eigenvalue weighted by Gasteiger charge is -2.12. The number of nitrogens with two attached hydrogens (primary N) is 1. The zero-order valence-corrected chi connectivity index (χ0v) is 18.0. The molecule has 7 nitrogen and oxygen atoms in total. The van der Waals surface area contributed by atoms with E-state index in [0.717, 1.165) is 16.7 Å². The highest BCUT2D eigenvalue weighted by Gasteiger charge is 2.15. The van der Waals surface area contributed by atoms with Gasteiger partial charge in [0.15, 0.2) is 0 Å². The third-order valence-electron chi connectivity index (χ3n) is 4.83. The van der Waals surface area contributed by atoms with E-state index in [0.29, 0.717) is 24.3 Å². The molecule has 0 heterocycles. The number of hydrogen-bond donors (Lipinski definition) is 3. The molecular weight excluding hydrogens is 406 g/mol. The van der Waals surface area contributed by atoms with E-state index < -0.39 is 11.9 Å². The zero-order chi connectivity index (χ0) is 23.1. The minimum atomic E-state index is -0.507. The van der Waals surface area contributed by atoms with E-state index in [1.54, 1.807) is 49.4 Å². The van der Waals surface area contributed by atoms with Crippen LogP contribution in [0.25, 0.3) is 0 Å². The molecule has 0 fully saturated rings. The lowest BCUT2D eigenvalue weighted by molar-refractivity contribution is -0.131. The highest BCUT2D eigenvalue weighted by Crippen LogP contribution is 2.22. The predicted molar refractivity (Wildman–Crippen MR) is 122 cm³/mol. The number of para-hydroxylation sites is 1. The van der Waals surface area contributed by atoms with Crippen molar-refractivity contribution >= 4 is 23.5 Å². The zero-order valence-electron chi connectivity index (χ0n) is 18.0. The molecule has 0 aromatic heterocycles. The summed E-state index contributed by atoms with van der Waals surface area (Å²) in [5.41, 5.74) is 9.61. The second-order valence-electron chi connectivity index (χ2n) is 7.28. The number of carbonyl (C=O) groups excluding carboxylic acids is 3. The molecule has 3 aromatic carbocycles. The third-order valence-corrected chi connectivity index (χ3v) is 4.83. The van der Waals surface area contributed by atoms with Crippen molar-refractivity contribution in [3.05, 3.63) is 94.5 Å². The van der Waals surface area contributed by atoms with Crippen LogP contribution in [0.3, 0.4) is 0 Å². The lowest BCUT2D eigenvalue weighted by Crippen LogP contribution is -2.23. The van der Waals surface area contributed by atoms with Gasteiger partial charge in [-0.15, -0.1) is 0 Å². The van der Waals surface area contributed by atoms with E-state index in [9.17, 15) is 14.4 Å². The highest BCUT2D eigenvalue weighted by atomic mass is 16.5. The molecule has 32 heavy (non-hydrogen) atoms. The van der Waals surface area contributed by atoms with E-state index in [2.05, 4.69) is 10.6 Å². The molecule has 0 saturated carbocycles. The van der Waals surface area contributed by atoms with Gasteiger partial charge in [-0.3, -0.25) is 14.4 Å². The molecule has 3 rings (SSSR count). The molecular formula is C25H25N3O4. The summed E-state index contributed by atoms with van der Waals surface area (Å²) >= 11 is 0. The molecule has 164 valence electrons. The van der Waals surface area contributed by atoms with E-state index in [-0.39, 0.29) is 17.2 Å². The molecule has 0 unspecified atom stereocenters. The Morgan fingerprint density at radius 3 is 2.25 bits per heavy atom. The van der Waals surface area contributed by atoms with Crippen LogP contribution in [-0.4, -0.2) is 17.8 Å². The SMILES string of the molecule is CC(=O)Oc1ccccc1C(=O)Nc1ccc(C(=O)NCc2ccc(CN)cc2)cc1C. The first-order valence-electron chi connectivity index (χ1n) is 10.1. The monoisotopic (exact) mass is 431 g/mol. The Morgan fingerprint density at radius 2 is 1.59 bits per heavy atom. The average Bonchev–Trinajstić information content (AvgIpc) is 2.79. The van der Waals surface area contributed by atoms with Gasteiger partial charge in [0.2, 0.25) is 0 Å². The summed E-state index contributed by atoms with van der Waals surface area (Å²) in [5, 5.41) is 5.69. The molecule has 0 atom stereocenters. The van der Waals surface area contributed by atoms with Crippen LogP contribution < -0.4 is 21.1 Å². The first-order chi connectivity index (χ1) is 15.4. The van der Waals surface area contributed by atoms with E-state index >= 15 is 0 Å². The summed E-state index contributed by atoms with van der Waals surface area (Å²) in [6.07, 6.45) is 0. The Labute approximate surface area is 186 Å². The molecule has 0 bridgehead atoms. The van der Waals surface area contributed by atoms with Crippen molar-refractivity contribution in [2.75, 3.05) is 5.32 Å². The van der Waals surface area contributed by atoms with Crippen molar-refractivity contribution in [2.24, 2.45) is 5.73 Å². The molecule has 7 heteroatoms. The molecule has 0 aliphatic rings. The number of rotatable bonds is 7. The number of ether oxygens (including phenoxy) is 1. The summed E-state index contributed by atoms with van der Waals surface area (Å²) in [4.78, 5) is 36.5. The smallest absolute Gasteiger partial charge is 0.308 e. The predicted octanol–water partition coefficient (Wildman–Crippen LogP) is 3.56. The fraction of sp³-hybridized carbons (Fsp3) is 0.160. The van der Waals surface area contributed by atoms with E-state index in [1.165, 1.54) is 6.92 Å². The van der Waals surface area contributed by atoms with Crippen molar-refractivity contribution in [1.82, 2.24) is 5.32 Å². The van der Waals surface area contributed by atoms with Gasteiger partial charge in [-0.25, -0.2) is 0 Å². The van der Waals surface area contributed by atoms with Gasteiger partial charge in [-0.1, -0.05) is 36.4 Å². The molecule has 0 aliphatic carbocycles. The van der Waals surface area contributed by atoms with Gasteiger partial charge in [0.05, 0.1) is 5.56 Å². The fourth-order valence-electron chi connectivity index (χ4n) is 3.11. The summed E-state index contributed by atoms with van der Waals surface area (Å²) in [5.74, 6) is -0.949. The van der Waals surface area contributed by atoms with Gasteiger partial charge in [0.1, 0.15) is 5.75 Å². The van der Waals surface area contributed by atoms with Crippen LogP contribution in [0, 0.1) is 6.92 Å². The number of amides is 2. The maximum atomic E-state index is 12.7. The number of benzene rings is 3.